The van der Waals surface area contributed by atoms with Gasteiger partial charge in [0.15, 0.2) is 0 Å². The van der Waals surface area contributed by atoms with Gasteiger partial charge in [0.25, 0.3) is 16.0 Å². The highest BCUT2D eigenvalue weighted by atomic mass is 32.2. The molecule has 3 N–H and O–H groups in total. The fourth-order valence-corrected chi connectivity index (χ4v) is 5.39. The van der Waals surface area contributed by atoms with E-state index >= 15 is 0 Å². The Balaban J connectivity index is 2.26. The Labute approximate surface area is 212 Å². The predicted molar refractivity (Wildman–Crippen MR) is 141 cm³/mol. The van der Waals surface area contributed by atoms with Crippen LogP contribution in [0, 0.1) is 0 Å². The summed E-state index contributed by atoms with van der Waals surface area (Å²) in [5.74, 6) is -0.606. The molecule has 0 aliphatic carbocycles. The molecule has 35 heavy (non-hydrogen) atoms. The maximum atomic E-state index is 12.8. The summed E-state index contributed by atoms with van der Waals surface area (Å²) in [5, 5.41) is 19.7. The van der Waals surface area contributed by atoms with E-state index in [1.165, 1.54) is 51.4 Å². The van der Waals surface area contributed by atoms with Gasteiger partial charge in [-0.3, -0.25) is 13.8 Å². The first kappa shape index (κ1) is 31.9. The van der Waals surface area contributed by atoms with E-state index in [1.807, 2.05) is 0 Å². The number of amidine groups is 1. The minimum atomic E-state index is -4.34. The zero-order chi connectivity index (χ0) is 26.0. The van der Waals surface area contributed by atoms with E-state index in [9.17, 15) is 23.4 Å². The number of aliphatic imine (C=N–C) groups is 1. The number of aliphatic hydroxyl groups excluding tert-OH is 2. The third kappa shape index (κ3) is 14.3. The normalized spacial score (nSPS) is 19.4. The molecule has 0 bridgehead atoms. The van der Waals surface area contributed by atoms with Crippen LogP contribution in [0.4, 0.5) is 0 Å². The molecule has 2 atom stereocenters. The number of ketones is 1. The van der Waals surface area contributed by atoms with Gasteiger partial charge < -0.3 is 10.2 Å². The second-order valence-electron chi connectivity index (χ2n) is 9.86. The molecule has 204 valence electrons. The molecule has 2 unspecified atom stereocenters. The van der Waals surface area contributed by atoms with Gasteiger partial charge >= 0.3 is 0 Å². The van der Waals surface area contributed by atoms with Gasteiger partial charge in [-0.2, -0.15) is 8.42 Å². The number of hydrogen-bond acceptors (Lipinski definition) is 6. The van der Waals surface area contributed by atoms with Crippen LogP contribution in [0.25, 0.3) is 0 Å². The highest BCUT2D eigenvalue weighted by Crippen LogP contribution is 2.20. The van der Waals surface area contributed by atoms with Crippen LogP contribution in [-0.2, 0) is 14.9 Å². The summed E-state index contributed by atoms with van der Waals surface area (Å²) in [6, 6.07) is 0. The third-order valence-electron chi connectivity index (χ3n) is 6.65. The molecule has 0 aromatic rings. The molecule has 0 saturated carbocycles. The number of carbonyl (C=O) groups excluding carboxylic acids is 1. The molecule has 0 saturated heterocycles. The van der Waals surface area contributed by atoms with Crippen molar-refractivity contribution in [3.8, 4) is 0 Å². The van der Waals surface area contributed by atoms with Crippen molar-refractivity contribution >= 4 is 21.7 Å². The van der Waals surface area contributed by atoms with Crippen molar-refractivity contribution in [3.63, 3.8) is 0 Å². The molecule has 9 heteroatoms. The van der Waals surface area contributed by atoms with E-state index in [4.69, 9.17) is 4.55 Å². The number of unbranched alkanes of at least 4 members (excludes halogenated alkanes) is 11. The molecule has 0 aromatic heterocycles. The Morgan fingerprint density at radius 2 is 1.57 bits per heavy atom. The first-order valence-electron chi connectivity index (χ1n) is 13.6. The van der Waals surface area contributed by atoms with Crippen molar-refractivity contribution in [2.24, 2.45) is 4.99 Å². The van der Waals surface area contributed by atoms with Crippen molar-refractivity contribution in [3.05, 3.63) is 12.2 Å². The minimum absolute atomic E-state index is 0.0342. The molecule has 8 nitrogen and oxygen atoms in total. The van der Waals surface area contributed by atoms with E-state index in [0.717, 1.165) is 32.1 Å². The molecule has 0 radical (unpaired) electrons. The van der Waals surface area contributed by atoms with Crippen molar-refractivity contribution in [1.82, 2.24) is 0 Å². The maximum absolute atomic E-state index is 12.8. The van der Waals surface area contributed by atoms with Crippen LogP contribution in [0.5, 0.6) is 0 Å². The number of aliphatic hydroxyl groups is 2. The van der Waals surface area contributed by atoms with Crippen molar-refractivity contribution in [1.29, 1.82) is 0 Å². The van der Waals surface area contributed by atoms with Crippen LogP contribution in [0.3, 0.4) is 0 Å². The van der Waals surface area contributed by atoms with Crippen molar-refractivity contribution < 1.29 is 32.5 Å². The van der Waals surface area contributed by atoms with Crippen molar-refractivity contribution in [2.45, 2.75) is 103 Å². The molecule has 0 spiro atoms. The van der Waals surface area contributed by atoms with Gasteiger partial charge in [0.2, 0.25) is 5.78 Å². The van der Waals surface area contributed by atoms with Crippen LogP contribution in [0.2, 0.25) is 0 Å². The second kappa shape index (κ2) is 18.2. The maximum Gasteiger partial charge on any atom is 0.267 e. The predicted octanol–water partition coefficient (Wildman–Crippen LogP) is 4.06. The average Bonchev–Trinajstić information content (AvgIpc) is 3.18. The quantitative estimate of drug-likeness (QED) is 0.0861. The number of carbonyl (C=O) groups is 1. The van der Waals surface area contributed by atoms with E-state index in [0.29, 0.717) is 25.3 Å². The van der Waals surface area contributed by atoms with Gasteiger partial charge in [0, 0.05) is 6.42 Å². The summed E-state index contributed by atoms with van der Waals surface area (Å²) in [7, 11) is -4.34. The van der Waals surface area contributed by atoms with Crippen LogP contribution in [-0.4, -0.2) is 83.9 Å². The first-order valence-corrected chi connectivity index (χ1v) is 15.2. The summed E-state index contributed by atoms with van der Waals surface area (Å²) >= 11 is 0. The Bertz CT molecular complexity index is 753. The van der Waals surface area contributed by atoms with Crippen LogP contribution >= 0.6 is 0 Å². The number of hydrogen-bond donors (Lipinski definition) is 3. The van der Waals surface area contributed by atoms with Crippen LogP contribution in [0.1, 0.15) is 96.8 Å². The molecular formula is C26H49N2O6S+. The monoisotopic (exact) mass is 517 g/mol. The third-order valence-corrected chi connectivity index (χ3v) is 7.45. The fraction of sp³-hybridized carbons (Fsp3) is 0.846. The summed E-state index contributed by atoms with van der Waals surface area (Å²) < 4.78 is 31.2. The smallest absolute Gasteiger partial charge is 0.267 e. The topological polar surface area (TPSA) is 124 Å². The van der Waals surface area contributed by atoms with Gasteiger partial charge in [-0.05, 0) is 32.1 Å². The van der Waals surface area contributed by atoms with Gasteiger partial charge in [0.1, 0.15) is 31.5 Å². The Morgan fingerprint density at radius 3 is 2.14 bits per heavy atom. The zero-order valence-electron chi connectivity index (χ0n) is 21.7. The van der Waals surface area contributed by atoms with E-state index in [2.05, 4.69) is 24.1 Å². The molecule has 0 fully saturated rings. The van der Waals surface area contributed by atoms with Gasteiger partial charge in [-0.1, -0.05) is 70.4 Å². The molecule has 0 aromatic carbocycles. The second-order valence-corrected chi connectivity index (χ2v) is 11.4. The van der Waals surface area contributed by atoms with Gasteiger partial charge in [-0.25, -0.2) is 4.99 Å². The Kier molecular flexibility index (Phi) is 16.6. The number of nitrogens with zero attached hydrogens (tertiary/aromatic N) is 2. The molecule has 0 amide bonds. The highest BCUT2D eigenvalue weighted by Gasteiger charge is 2.43. The van der Waals surface area contributed by atoms with E-state index in [1.54, 1.807) is 0 Å². The zero-order valence-corrected chi connectivity index (χ0v) is 22.6. The molecule has 1 rings (SSSR count). The molecular weight excluding hydrogens is 468 g/mol. The first-order chi connectivity index (χ1) is 16.7. The van der Waals surface area contributed by atoms with Crippen molar-refractivity contribution in [2.75, 3.05) is 38.5 Å². The number of quaternary nitrogens is 1. The summed E-state index contributed by atoms with van der Waals surface area (Å²) in [5.41, 5.74) is 0. The minimum Gasteiger partial charge on any atom is -0.390 e. The fourth-order valence-electron chi connectivity index (χ4n) is 4.80. The van der Waals surface area contributed by atoms with E-state index in [-0.39, 0.29) is 30.0 Å². The summed E-state index contributed by atoms with van der Waals surface area (Å²) in [4.78, 5) is 17.2. The standard InChI is InChI=1S/C26H48N2O6S/c1-2-3-4-5-6-7-8-9-10-11-12-13-14-15-16-17-25(31)26-27-18-19-28(26,20-21-29)22-24(30)23-35(32,33)34/h11-12,24,29-30H,2-10,13-23H2,1H3/p+1/b12-11+. The van der Waals surface area contributed by atoms with E-state index < -0.39 is 22.0 Å². The summed E-state index contributed by atoms with van der Waals surface area (Å²) in [6.07, 6.45) is 19.1. The SMILES string of the molecule is CCCCCCCCCC/C=C/CCCCCC(=O)C1=NCC[N+]1(CCO)CC(O)CS(=O)(=O)O. The Morgan fingerprint density at radius 1 is 1.00 bits per heavy atom. The van der Waals surface area contributed by atoms with Crippen LogP contribution in [0.15, 0.2) is 17.1 Å². The average molecular weight is 518 g/mol. The number of rotatable bonds is 22. The number of Topliss-reactive ketones (excluding diaryl/α,β-unsaturated/α-hetero) is 1. The largest absolute Gasteiger partial charge is 0.390 e. The Hall–Kier alpha value is -1.13. The molecule has 1 aliphatic heterocycles. The summed E-state index contributed by atoms with van der Waals surface area (Å²) in [6.45, 7) is 2.95. The lowest BCUT2D eigenvalue weighted by molar-refractivity contribution is -0.837. The highest BCUT2D eigenvalue weighted by molar-refractivity contribution is 7.85. The van der Waals surface area contributed by atoms with Crippen LogP contribution < -0.4 is 0 Å². The number of allylic oxidation sites excluding steroid dienone is 2. The van der Waals surface area contributed by atoms with Gasteiger partial charge in [0.05, 0.1) is 13.2 Å². The lowest BCUT2D eigenvalue weighted by Crippen LogP contribution is -2.59. The molecule has 1 heterocycles. The molecule has 1 aliphatic rings. The lowest BCUT2D eigenvalue weighted by atomic mass is 10.1. The lowest BCUT2D eigenvalue weighted by Gasteiger charge is -2.34. The van der Waals surface area contributed by atoms with Gasteiger partial charge in [-0.15, -0.1) is 0 Å².